The van der Waals surface area contributed by atoms with Crippen LogP contribution in [0.3, 0.4) is 0 Å². The number of hydrogen-bond acceptors (Lipinski definition) is 5. The summed E-state index contributed by atoms with van der Waals surface area (Å²) in [5.41, 5.74) is 0. The van der Waals surface area contributed by atoms with E-state index in [2.05, 4.69) is 0 Å². The Labute approximate surface area is 122 Å². The molecule has 0 aliphatic rings. The molecule has 0 aromatic rings. The van der Waals surface area contributed by atoms with Crippen molar-refractivity contribution in [2.75, 3.05) is 0 Å². The van der Waals surface area contributed by atoms with Gasteiger partial charge in [0, 0.05) is 6.42 Å². The maximum absolute atomic E-state index is 10.3. The zero-order valence-electron chi connectivity index (χ0n) is 8.20. The van der Waals surface area contributed by atoms with Crippen LogP contribution in [0.4, 0.5) is 0 Å². The second-order valence-electron chi connectivity index (χ2n) is 2.68. The average molecular weight is 258 g/mol. The second-order valence-corrected chi connectivity index (χ2v) is 3.86. The van der Waals surface area contributed by atoms with E-state index in [1.54, 1.807) is 6.92 Å². The number of carbonyl (C=O) groups is 1. The Hall–Kier alpha value is 1.19. The molecule has 0 spiro atoms. The van der Waals surface area contributed by atoms with Crippen molar-refractivity contribution in [1.82, 2.24) is 0 Å². The second kappa shape index (κ2) is 9.73. The van der Waals surface area contributed by atoms with Crippen molar-refractivity contribution in [3.8, 4) is 0 Å². The summed E-state index contributed by atoms with van der Waals surface area (Å²) in [5.74, 6) is 0.813. The van der Waals surface area contributed by atoms with E-state index in [1.165, 1.54) is 0 Å². The molecule has 0 unspecified atom stereocenters. The van der Waals surface area contributed by atoms with Crippen molar-refractivity contribution in [2.24, 2.45) is 5.92 Å². The molecule has 0 rings (SSSR count). The minimum atomic E-state index is -5.62. The van der Waals surface area contributed by atoms with Gasteiger partial charge in [0.25, 0.3) is 0 Å². The van der Waals surface area contributed by atoms with Crippen LogP contribution in [-0.2, 0) is 29.3 Å². The van der Waals surface area contributed by atoms with Gasteiger partial charge in [0.1, 0.15) is 5.78 Å². The van der Waals surface area contributed by atoms with Crippen LogP contribution in [-0.4, -0.2) is 5.78 Å². The third-order valence-electron chi connectivity index (χ3n) is 0.696. The first kappa shape index (κ1) is 19.7. The van der Waals surface area contributed by atoms with E-state index in [0.717, 1.165) is 6.42 Å². The Kier molecular flexibility index (Phi) is 14.8. The average Bonchev–Trinajstić information content (AvgIpc) is 1.52. The third kappa shape index (κ3) is 61.3. The van der Waals surface area contributed by atoms with Crippen LogP contribution in [0.5, 0.6) is 0 Å². The van der Waals surface area contributed by atoms with Gasteiger partial charge in [-0.2, -0.15) is 0 Å². The van der Waals surface area contributed by atoms with Gasteiger partial charge in [-0.25, -0.2) is 0 Å². The zero-order chi connectivity index (χ0) is 10.4. The summed E-state index contributed by atoms with van der Waals surface area (Å²) < 4.78 is 34.3. The fraction of sp³-hybridized carbons (Fsp3) is 0.833. The first-order valence-corrected chi connectivity index (χ1v) is 5.17. The molecule has 0 aliphatic heterocycles. The normalized spacial score (nSPS) is 9.62. The van der Waals surface area contributed by atoms with Gasteiger partial charge in [0.15, 0.2) is 0 Å². The van der Waals surface area contributed by atoms with Gasteiger partial charge in [0.05, 0.1) is 0 Å². The first-order chi connectivity index (χ1) is 5.13. The van der Waals surface area contributed by atoms with Gasteiger partial charge in [-0.15, -0.1) is 0 Å². The summed E-state index contributed by atoms with van der Waals surface area (Å²) in [7, 11) is 0. The van der Waals surface area contributed by atoms with Crippen LogP contribution in [0, 0.1) is 5.92 Å². The molecule has 0 amide bonds. The molecular formula is C6H12KMnO5. The van der Waals surface area contributed by atoms with E-state index >= 15 is 0 Å². The summed E-state index contributed by atoms with van der Waals surface area (Å²) >= 11 is -5.62. The molecule has 0 aromatic carbocycles. The van der Waals surface area contributed by atoms with Gasteiger partial charge in [-0.3, -0.25) is 0 Å². The molecule has 0 bridgehead atoms. The number of carbonyl (C=O) groups excluding carboxylic acids is 1. The number of Topliss-reactive ketones (excluding diaryl/α,β-unsaturated/α-hetero) is 1. The molecule has 7 heteroatoms. The van der Waals surface area contributed by atoms with Crippen molar-refractivity contribution in [3.63, 3.8) is 0 Å². The molecule has 74 valence electrons. The molecule has 0 heterocycles. The van der Waals surface area contributed by atoms with Gasteiger partial charge in [0.2, 0.25) is 0 Å². The Morgan fingerprint density at radius 1 is 1.31 bits per heavy atom. The summed E-state index contributed by atoms with van der Waals surface area (Å²) in [4.78, 5) is 10.3. The van der Waals surface area contributed by atoms with E-state index in [1.807, 2.05) is 13.8 Å². The van der Waals surface area contributed by atoms with Crippen LogP contribution in [0.1, 0.15) is 27.2 Å². The van der Waals surface area contributed by atoms with Gasteiger partial charge < -0.3 is 4.79 Å². The van der Waals surface area contributed by atoms with E-state index < -0.39 is 13.0 Å². The molecule has 5 nitrogen and oxygen atoms in total. The SMILES string of the molecule is CC(=O)CC(C)C.[K+].[O]=[Mn](=[O])(=[O])[O-]. The molecule has 0 saturated carbocycles. The van der Waals surface area contributed by atoms with Crippen LogP contribution in [0.2, 0.25) is 0 Å². The number of rotatable bonds is 2. The van der Waals surface area contributed by atoms with Crippen LogP contribution >= 0.6 is 0 Å². The first-order valence-electron chi connectivity index (χ1n) is 3.24. The van der Waals surface area contributed by atoms with Crippen LogP contribution < -0.4 is 55.6 Å². The maximum atomic E-state index is 10.3. The molecule has 0 fully saturated rings. The zero-order valence-corrected chi connectivity index (χ0v) is 12.5. The van der Waals surface area contributed by atoms with E-state index in [0.29, 0.717) is 5.92 Å². The van der Waals surface area contributed by atoms with Crippen LogP contribution in [0.25, 0.3) is 0 Å². The summed E-state index contributed by atoms with van der Waals surface area (Å²) in [6, 6.07) is 0. The van der Waals surface area contributed by atoms with E-state index in [9.17, 15) is 4.79 Å². The third-order valence-corrected chi connectivity index (χ3v) is 0.696. The molecule has 0 atom stereocenters. The molecule has 0 saturated heterocycles. The van der Waals surface area contributed by atoms with Gasteiger partial charge in [-0.1, -0.05) is 13.8 Å². The molecule has 13 heavy (non-hydrogen) atoms. The van der Waals surface area contributed by atoms with Crippen molar-refractivity contribution in [2.45, 2.75) is 27.2 Å². The van der Waals surface area contributed by atoms with Crippen molar-refractivity contribution in [3.05, 3.63) is 0 Å². The van der Waals surface area contributed by atoms with Gasteiger partial charge in [-0.05, 0) is 12.8 Å². The minimum absolute atomic E-state index is 0. The molecule has 0 radical (unpaired) electrons. The fourth-order valence-corrected chi connectivity index (χ4v) is 0.575. The molecule has 0 aromatic heterocycles. The van der Waals surface area contributed by atoms with Crippen LogP contribution in [0.15, 0.2) is 0 Å². The Balaban J connectivity index is -0.000000150. The predicted molar refractivity (Wildman–Crippen MR) is 32.2 cm³/mol. The predicted octanol–water partition coefficient (Wildman–Crippen LogP) is -2.92. The Morgan fingerprint density at radius 3 is 1.54 bits per heavy atom. The van der Waals surface area contributed by atoms with Crippen molar-refractivity contribution in [1.29, 1.82) is 0 Å². The monoisotopic (exact) mass is 258 g/mol. The molecule has 0 aliphatic carbocycles. The summed E-state index contributed by atoms with van der Waals surface area (Å²) in [6.45, 7) is 5.71. The number of hydrogen-bond donors (Lipinski definition) is 0. The molecular weight excluding hydrogens is 246 g/mol. The Morgan fingerprint density at radius 2 is 1.54 bits per heavy atom. The van der Waals surface area contributed by atoms with Gasteiger partial charge >= 0.3 is 80.0 Å². The number of ketones is 1. The van der Waals surface area contributed by atoms with Crippen molar-refractivity contribution >= 4 is 5.78 Å². The summed E-state index contributed by atoms with van der Waals surface area (Å²) in [6.07, 6.45) is 0.722. The van der Waals surface area contributed by atoms with Crippen molar-refractivity contribution < 1.29 is 84.8 Å². The summed E-state index contributed by atoms with van der Waals surface area (Å²) in [5, 5.41) is 0. The quantitative estimate of drug-likeness (QED) is 0.495. The topological polar surface area (TPSA) is 91.3 Å². The standard InChI is InChI=1S/C6H12O.K.Mn.4O/c1-5(2)4-6(3)7;;;;;;/h5H,4H2,1-3H3;;;;;;/q;+1;;;;;-1. The Bertz CT molecular complexity index is 259. The molecule has 0 N–H and O–H groups in total. The van der Waals surface area contributed by atoms with E-state index in [-0.39, 0.29) is 57.2 Å². The van der Waals surface area contributed by atoms with E-state index in [4.69, 9.17) is 15.7 Å². The fourth-order valence-electron chi connectivity index (χ4n) is 0.575.